The molecule has 6 heteroatoms. The summed E-state index contributed by atoms with van der Waals surface area (Å²) in [5.74, 6) is 0.637. The fourth-order valence-electron chi connectivity index (χ4n) is 4.55. The second-order valence-corrected chi connectivity index (χ2v) is 9.80. The summed E-state index contributed by atoms with van der Waals surface area (Å²) in [5, 5.41) is 13.4. The zero-order chi connectivity index (χ0) is 21.3. The van der Waals surface area contributed by atoms with Crippen LogP contribution in [-0.2, 0) is 17.6 Å². The molecule has 2 heterocycles. The maximum atomic E-state index is 12.7. The summed E-state index contributed by atoms with van der Waals surface area (Å²) in [6.45, 7) is 10.5. The molecule has 0 radical (unpaired) electrons. The van der Waals surface area contributed by atoms with Crippen LogP contribution in [0.4, 0.5) is 10.7 Å². The highest BCUT2D eigenvalue weighted by atomic mass is 32.1. The Morgan fingerprint density at radius 2 is 2.03 bits per heavy atom. The topological polar surface area (TPSA) is 59.4 Å². The predicted molar refractivity (Wildman–Crippen MR) is 123 cm³/mol. The highest BCUT2D eigenvalue weighted by Crippen LogP contribution is 2.39. The molecule has 0 bridgehead atoms. The van der Waals surface area contributed by atoms with Crippen LogP contribution < -0.4 is 10.2 Å². The van der Waals surface area contributed by atoms with E-state index in [2.05, 4.69) is 60.2 Å². The summed E-state index contributed by atoms with van der Waals surface area (Å²) in [5.41, 5.74) is 5.81. The first-order chi connectivity index (χ1) is 14.5. The third kappa shape index (κ3) is 4.23. The van der Waals surface area contributed by atoms with Crippen LogP contribution in [-0.4, -0.2) is 43.5 Å². The standard InChI is InChI=1S/C24H30N4OS/c1-16-7-8-19-20(14-25)24(30-22(19)13-16)26-23(29)15-27-9-11-28(12-10-27)21-6-4-5-17(2)18(21)3/h4-6,16H,7-13,15H2,1-3H3,(H,26,29). The molecular weight excluding hydrogens is 392 g/mol. The quantitative estimate of drug-likeness (QED) is 0.805. The van der Waals surface area contributed by atoms with Gasteiger partial charge in [0, 0.05) is 36.7 Å². The van der Waals surface area contributed by atoms with Gasteiger partial charge >= 0.3 is 0 Å². The van der Waals surface area contributed by atoms with Crippen molar-refractivity contribution < 1.29 is 4.79 Å². The number of nitrogens with zero attached hydrogens (tertiary/aromatic N) is 3. The van der Waals surface area contributed by atoms with Gasteiger partial charge in [0.05, 0.1) is 12.1 Å². The lowest BCUT2D eigenvalue weighted by molar-refractivity contribution is -0.117. The van der Waals surface area contributed by atoms with Crippen molar-refractivity contribution in [1.29, 1.82) is 5.26 Å². The van der Waals surface area contributed by atoms with E-state index in [1.54, 1.807) is 11.3 Å². The van der Waals surface area contributed by atoms with E-state index in [0.717, 1.165) is 56.0 Å². The Bertz CT molecular complexity index is 982. The number of fused-ring (bicyclic) bond motifs is 1. The van der Waals surface area contributed by atoms with Crippen LogP contribution in [0.1, 0.15) is 40.5 Å². The average Bonchev–Trinajstić information content (AvgIpc) is 3.06. The molecule has 1 atom stereocenters. The number of carbonyl (C=O) groups is 1. The number of aryl methyl sites for hydroxylation is 1. The largest absolute Gasteiger partial charge is 0.369 e. The molecule has 1 fully saturated rings. The van der Waals surface area contributed by atoms with Crippen LogP contribution in [0.25, 0.3) is 0 Å². The molecule has 2 aromatic rings. The van der Waals surface area contributed by atoms with E-state index >= 15 is 0 Å². The third-order valence-corrected chi connectivity index (χ3v) is 7.70. The van der Waals surface area contributed by atoms with Gasteiger partial charge in [0.25, 0.3) is 0 Å². The van der Waals surface area contributed by atoms with Gasteiger partial charge in [0.15, 0.2) is 0 Å². The number of amides is 1. The lowest BCUT2D eigenvalue weighted by Gasteiger charge is -2.36. The monoisotopic (exact) mass is 422 g/mol. The number of nitrogens with one attached hydrogen (secondary N) is 1. The molecule has 1 aromatic carbocycles. The van der Waals surface area contributed by atoms with Gasteiger partial charge < -0.3 is 10.2 Å². The summed E-state index contributed by atoms with van der Waals surface area (Å²) in [7, 11) is 0. The molecule has 4 rings (SSSR count). The number of anilines is 2. The zero-order valence-electron chi connectivity index (χ0n) is 18.1. The average molecular weight is 423 g/mol. The highest BCUT2D eigenvalue weighted by molar-refractivity contribution is 7.16. The van der Waals surface area contributed by atoms with Crippen LogP contribution in [0.2, 0.25) is 0 Å². The molecule has 2 aliphatic rings. The molecule has 1 aromatic heterocycles. The maximum absolute atomic E-state index is 12.7. The van der Waals surface area contributed by atoms with Crippen LogP contribution in [0.5, 0.6) is 0 Å². The van der Waals surface area contributed by atoms with E-state index in [4.69, 9.17) is 0 Å². The number of hydrogen-bond donors (Lipinski definition) is 1. The molecule has 5 nitrogen and oxygen atoms in total. The van der Waals surface area contributed by atoms with Crippen LogP contribution in [0.3, 0.4) is 0 Å². The first-order valence-electron chi connectivity index (χ1n) is 10.8. The molecule has 1 unspecified atom stereocenters. The molecular formula is C24H30N4OS. The van der Waals surface area contributed by atoms with Crippen molar-refractivity contribution in [1.82, 2.24) is 4.90 Å². The van der Waals surface area contributed by atoms with Gasteiger partial charge in [-0.1, -0.05) is 19.1 Å². The number of hydrogen-bond acceptors (Lipinski definition) is 5. The molecule has 1 aliphatic carbocycles. The zero-order valence-corrected chi connectivity index (χ0v) is 18.9. The van der Waals surface area contributed by atoms with E-state index in [9.17, 15) is 10.1 Å². The molecule has 158 valence electrons. The Balaban J connectivity index is 1.35. The van der Waals surface area contributed by atoms with Crippen molar-refractivity contribution in [2.45, 2.75) is 40.0 Å². The van der Waals surface area contributed by atoms with Crippen molar-refractivity contribution in [3.8, 4) is 6.07 Å². The number of rotatable bonds is 4. The van der Waals surface area contributed by atoms with Crippen molar-refractivity contribution in [3.05, 3.63) is 45.3 Å². The molecule has 1 aliphatic heterocycles. The molecule has 1 N–H and O–H groups in total. The van der Waals surface area contributed by atoms with Crippen LogP contribution in [0, 0.1) is 31.1 Å². The normalized spacial score (nSPS) is 19.3. The van der Waals surface area contributed by atoms with Gasteiger partial charge in [0.2, 0.25) is 5.91 Å². The first kappa shape index (κ1) is 20.9. The minimum atomic E-state index is -0.0154. The maximum Gasteiger partial charge on any atom is 0.239 e. The van der Waals surface area contributed by atoms with Gasteiger partial charge in [-0.2, -0.15) is 5.26 Å². The SMILES string of the molecule is Cc1cccc(N2CCN(CC(=O)Nc3sc4c(c3C#N)CCC(C)C4)CC2)c1C. The van der Waals surface area contributed by atoms with E-state index < -0.39 is 0 Å². The summed E-state index contributed by atoms with van der Waals surface area (Å²) < 4.78 is 0. The Hall–Kier alpha value is -2.36. The minimum Gasteiger partial charge on any atom is -0.369 e. The molecule has 0 saturated carbocycles. The molecule has 1 saturated heterocycles. The van der Waals surface area contributed by atoms with Crippen molar-refractivity contribution in [2.24, 2.45) is 5.92 Å². The minimum absolute atomic E-state index is 0.0154. The highest BCUT2D eigenvalue weighted by Gasteiger charge is 2.26. The van der Waals surface area contributed by atoms with Gasteiger partial charge in [-0.3, -0.25) is 9.69 Å². The molecule has 0 spiro atoms. The van der Waals surface area contributed by atoms with Gasteiger partial charge in [0.1, 0.15) is 11.1 Å². The molecule has 30 heavy (non-hydrogen) atoms. The van der Waals surface area contributed by atoms with Gasteiger partial charge in [-0.15, -0.1) is 11.3 Å². The second kappa shape index (κ2) is 8.79. The second-order valence-electron chi connectivity index (χ2n) is 8.70. The summed E-state index contributed by atoms with van der Waals surface area (Å²) in [4.78, 5) is 18.6. The van der Waals surface area contributed by atoms with Crippen molar-refractivity contribution in [2.75, 3.05) is 42.9 Å². The number of benzene rings is 1. The van der Waals surface area contributed by atoms with Gasteiger partial charge in [-0.05, 0) is 61.8 Å². The van der Waals surface area contributed by atoms with Crippen LogP contribution in [0.15, 0.2) is 18.2 Å². The number of nitriles is 1. The Morgan fingerprint density at radius 3 is 2.77 bits per heavy atom. The van der Waals surface area contributed by atoms with E-state index in [1.807, 2.05) is 0 Å². The smallest absolute Gasteiger partial charge is 0.239 e. The van der Waals surface area contributed by atoms with E-state index in [-0.39, 0.29) is 5.91 Å². The fraction of sp³-hybridized carbons (Fsp3) is 0.500. The first-order valence-corrected chi connectivity index (χ1v) is 11.7. The summed E-state index contributed by atoms with van der Waals surface area (Å²) >= 11 is 1.60. The molecule has 1 amide bonds. The lowest BCUT2D eigenvalue weighted by atomic mass is 9.89. The number of thiophene rings is 1. The lowest BCUT2D eigenvalue weighted by Crippen LogP contribution is -2.48. The number of carbonyl (C=O) groups excluding carboxylic acids is 1. The fourth-order valence-corrected chi connectivity index (χ4v) is 5.93. The van der Waals surface area contributed by atoms with Crippen molar-refractivity contribution >= 4 is 27.9 Å². The third-order valence-electron chi connectivity index (χ3n) is 6.53. The Labute approximate surface area is 183 Å². The van der Waals surface area contributed by atoms with Crippen LogP contribution >= 0.6 is 11.3 Å². The van der Waals surface area contributed by atoms with E-state index in [0.29, 0.717) is 18.0 Å². The summed E-state index contributed by atoms with van der Waals surface area (Å²) in [6, 6.07) is 8.79. The predicted octanol–water partition coefficient (Wildman–Crippen LogP) is 4.12. The Morgan fingerprint density at radius 1 is 1.27 bits per heavy atom. The van der Waals surface area contributed by atoms with Crippen molar-refractivity contribution in [3.63, 3.8) is 0 Å². The summed E-state index contributed by atoms with van der Waals surface area (Å²) in [6.07, 6.45) is 3.09. The number of piperazine rings is 1. The van der Waals surface area contributed by atoms with E-state index in [1.165, 1.54) is 21.7 Å². The Kier molecular flexibility index (Phi) is 6.12. The van der Waals surface area contributed by atoms with Gasteiger partial charge in [-0.25, -0.2) is 0 Å².